The SMILES string of the molecule is CCCNS(=O)(=O)c1ccc(NS(=O)(=O)c2ccc(C)cc2C)cc1. The zero-order valence-corrected chi connectivity index (χ0v) is 16.0. The minimum absolute atomic E-state index is 0.0930. The minimum Gasteiger partial charge on any atom is -0.280 e. The normalized spacial score (nSPS) is 12.1. The fourth-order valence-electron chi connectivity index (χ4n) is 2.33. The van der Waals surface area contributed by atoms with Crippen LogP contribution in [-0.2, 0) is 20.0 Å². The maximum atomic E-state index is 12.5. The highest BCUT2D eigenvalue weighted by Gasteiger charge is 2.18. The second kappa shape index (κ2) is 7.55. The third kappa shape index (κ3) is 4.81. The summed E-state index contributed by atoms with van der Waals surface area (Å²) < 4.78 is 54.0. The number of anilines is 1. The second-order valence-electron chi connectivity index (χ2n) is 5.80. The molecule has 0 aliphatic heterocycles. The van der Waals surface area contributed by atoms with E-state index in [1.54, 1.807) is 25.1 Å². The number of benzene rings is 2. The van der Waals surface area contributed by atoms with Crippen molar-refractivity contribution < 1.29 is 16.8 Å². The van der Waals surface area contributed by atoms with Gasteiger partial charge in [-0.05, 0) is 56.2 Å². The van der Waals surface area contributed by atoms with Crippen LogP contribution < -0.4 is 9.44 Å². The Bertz CT molecular complexity index is 951. The third-order valence-corrected chi connectivity index (χ3v) is 6.60. The predicted molar refractivity (Wildman–Crippen MR) is 98.6 cm³/mol. The summed E-state index contributed by atoms with van der Waals surface area (Å²) in [4.78, 5) is 0.287. The maximum Gasteiger partial charge on any atom is 0.262 e. The van der Waals surface area contributed by atoms with Crippen molar-refractivity contribution in [3.05, 3.63) is 53.6 Å². The highest BCUT2D eigenvalue weighted by molar-refractivity contribution is 7.92. The standard InChI is InChI=1S/C17H22N2O4S2/c1-4-11-18-24(20,21)16-8-6-15(7-9-16)19-25(22,23)17-10-5-13(2)12-14(17)3/h5-10,12,18-19H,4,11H2,1-3H3. The van der Waals surface area contributed by atoms with Crippen LogP contribution in [0.15, 0.2) is 52.3 Å². The van der Waals surface area contributed by atoms with Crippen molar-refractivity contribution in [2.45, 2.75) is 37.0 Å². The van der Waals surface area contributed by atoms with Crippen molar-refractivity contribution in [2.75, 3.05) is 11.3 Å². The molecule has 136 valence electrons. The first-order valence-corrected chi connectivity index (χ1v) is 10.8. The van der Waals surface area contributed by atoms with Crippen LogP contribution in [0, 0.1) is 13.8 Å². The summed E-state index contributed by atoms with van der Waals surface area (Å²) in [5, 5.41) is 0. The lowest BCUT2D eigenvalue weighted by molar-refractivity contribution is 0.581. The number of hydrogen-bond acceptors (Lipinski definition) is 4. The van der Waals surface area contributed by atoms with E-state index >= 15 is 0 Å². The Kier molecular flexibility index (Phi) is 5.87. The van der Waals surface area contributed by atoms with Crippen molar-refractivity contribution in [3.63, 3.8) is 0 Å². The molecule has 2 rings (SSSR count). The molecule has 0 aromatic heterocycles. The third-order valence-electron chi connectivity index (χ3n) is 3.58. The molecule has 0 amide bonds. The molecule has 25 heavy (non-hydrogen) atoms. The number of sulfonamides is 2. The molecule has 0 saturated heterocycles. The predicted octanol–water partition coefficient (Wildman–Crippen LogP) is 2.79. The topological polar surface area (TPSA) is 92.3 Å². The van der Waals surface area contributed by atoms with E-state index in [9.17, 15) is 16.8 Å². The smallest absolute Gasteiger partial charge is 0.262 e. The van der Waals surface area contributed by atoms with Gasteiger partial charge in [0, 0.05) is 12.2 Å². The van der Waals surface area contributed by atoms with E-state index in [-0.39, 0.29) is 9.79 Å². The van der Waals surface area contributed by atoms with Gasteiger partial charge in [-0.3, -0.25) is 4.72 Å². The van der Waals surface area contributed by atoms with E-state index in [1.165, 1.54) is 24.3 Å². The fourth-order valence-corrected chi connectivity index (χ4v) is 4.75. The van der Waals surface area contributed by atoms with Crippen LogP contribution >= 0.6 is 0 Å². The summed E-state index contributed by atoms with van der Waals surface area (Å²) >= 11 is 0. The van der Waals surface area contributed by atoms with Gasteiger partial charge >= 0.3 is 0 Å². The Balaban J connectivity index is 2.23. The summed E-state index contributed by atoms with van der Waals surface area (Å²) in [6, 6.07) is 10.7. The molecule has 2 aromatic rings. The Labute approximate surface area is 149 Å². The molecule has 0 saturated carbocycles. The summed E-state index contributed by atoms with van der Waals surface area (Å²) in [5.74, 6) is 0. The van der Waals surface area contributed by atoms with Gasteiger partial charge in [-0.25, -0.2) is 21.6 Å². The highest BCUT2D eigenvalue weighted by atomic mass is 32.2. The Hall–Kier alpha value is -1.90. The van der Waals surface area contributed by atoms with Crippen LogP contribution in [0.4, 0.5) is 5.69 Å². The van der Waals surface area contributed by atoms with Crippen LogP contribution in [0.25, 0.3) is 0 Å². The number of rotatable bonds is 7. The molecule has 6 nitrogen and oxygen atoms in total. The van der Waals surface area contributed by atoms with Crippen molar-refractivity contribution in [2.24, 2.45) is 0 Å². The number of aryl methyl sites for hydroxylation is 2. The zero-order chi connectivity index (χ0) is 18.7. The van der Waals surface area contributed by atoms with Gasteiger partial charge in [-0.2, -0.15) is 0 Å². The van der Waals surface area contributed by atoms with Crippen LogP contribution in [-0.4, -0.2) is 23.4 Å². The highest BCUT2D eigenvalue weighted by Crippen LogP contribution is 2.21. The molecule has 0 aliphatic carbocycles. The maximum absolute atomic E-state index is 12.5. The molecule has 0 bridgehead atoms. The first-order valence-electron chi connectivity index (χ1n) is 7.85. The summed E-state index contributed by atoms with van der Waals surface area (Å²) in [7, 11) is -7.31. The Morgan fingerprint density at radius 2 is 1.52 bits per heavy atom. The van der Waals surface area contributed by atoms with E-state index in [2.05, 4.69) is 9.44 Å². The lowest BCUT2D eigenvalue weighted by Gasteiger charge is -2.12. The molecule has 2 aromatic carbocycles. The lowest BCUT2D eigenvalue weighted by atomic mass is 10.2. The summed E-state index contributed by atoms with van der Waals surface area (Å²) in [5.41, 5.74) is 1.93. The number of hydrogen-bond donors (Lipinski definition) is 2. The largest absolute Gasteiger partial charge is 0.280 e. The molecule has 0 aliphatic rings. The Morgan fingerprint density at radius 3 is 2.08 bits per heavy atom. The fraction of sp³-hybridized carbons (Fsp3) is 0.294. The average Bonchev–Trinajstić information content (AvgIpc) is 2.52. The van der Waals surface area contributed by atoms with Gasteiger partial charge in [0.2, 0.25) is 10.0 Å². The van der Waals surface area contributed by atoms with Crippen molar-refractivity contribution in [1.82, 2.24) is 4.72 Å². The monoisotopic (exact) mass is 382 g/mol. The first kappa shape index (κ1) is 19.4. The van der Waals surface area contributed by atoms with Crippen LogP contribution in [0.1, 0.15) is 24.5 Å². The van der Waals surface area contributed by atoms with E-state index in [0.717, 1.165) is 5.56 Å². The summed E-state index contributed by atoms with van der Waals surface area (Å²) in [6.07, 6.45) is 0.688. The van der Waals surface area contributed by atoms with E-state index in [4.69, 9.17) is 0 Å². The van der Waals surface area contributed by atoms with Gasteiger partial charge in [0.15, 0.2) is 0 Å². The van der Waals surface area contributed by atoms with Gasteiger partial charge in [-0.15, -0.1) is 0 Å². The first-order chi connectivity index (χ1) is 11.7. The minimum atomic E-state index is -3.74. The van der Waals surface area contributed by atoms with Gasteiger partial charge < -0.3 is 0 Å². The van der Waals surface area contributed by atoms with Gasteiger partial charge in [0.25, 0.3) is 10.0 Å². The van der Waals surface area contributed by atoms with E-state index < -0.39 is 20.0 Å². The van der Waals surface area contributed by atoms with Crippen LogP contribution in [0.5, 0.6) is 0 Å². The molecule has 0 radical (unpaired) electrons. The van der Waals surface area contributed by atoms with E-state index in [0.29, 0.717) is 24.2 Å². The van der Waals surface area contributed by atoms with Crippen molar-refractivity contribution >= 4 is 25.7 Å². The molecule has 2 N–H and O–H groups in total. The molecule has 0 heterocycles. The quantitative estimate of drug-likeness (QED) is 0.770. The van der Waals surface area contributed by atoms with Gasteiger partial charge in [-0.1, -0.05) is 24.6 Å². The molecule has 0 atom stereocenters. The molecule has 0 spiro atoms. The average molecular weight is 383 g/mol. The second-order valence-corrected chi connectivity index (χ2v) is 9.21. The number of nitrogens with one attached hydrogen (secondary N) is 2. The Morgan fingerprint density at radius 1 is 0.880 bits per heavy atom. The van der Waals surface area contributed by atoms with Crippen molar-refractivity contribution in [1.29, 1.82) is 0 Å². The lowest BCUT2D eigenvalue weighted by Crippen LogP contribution is -2.24. The van der Waals surface area contributed by atoms with Gasteiger partial charge in [0.1, 0.15) is 0 Å². The molecular weight excluding hydrogens is 360 g/mol. The van der Waals surface area contributed by atoms with Gasteiger partial charge in [0.05, 0.1) is 9.79 Å². The molecule has 8 heteroatoms. The molecular formula is C17H22N2O4S2. The molecule has 0 fully saturated rings. The van der Waals surface area contributed by atoms with Crippen LogP contribution in [0.3, 0.4) is 0 Å². The summed E-state index contributed by atoms with van der Waals surface area (Å²) in [6.45, 7) is 5.84. The van der Waals surface area contributed by atoms with E-state index in [1.807, 2.05) is 13.8 Å². The van der Waals surface area contributed by atoms with Crippen molar-refractivity contribution in [3.8, 4) is 0 Å². The molecule has 0 unspecified atom stereocenters. The zero-order valence-electron chi connectivity index (χ0n) is 14.4. The van der Waals surface area contributed by atoms with Crippen LogP contribution in [0.2, 0.25) is 0 Å².